The van der Waals surface area contributed by atoms with Gasteiger partial charge in [0, 0.05) is 19.7 Å². The average Bonchev–Trinajstić information content (AvgIpc) is 2.39. The molecule has 0 fully saturated rings. The Morgan fingerprint density at radius 2 is 2.19 bits per heavy atom. The van der Waals surface area contributed by atoms with E-state index in [-0.39, 0.29) is 36.7 Å². The minimum absolute atomic E-state index is 0. The van der Waals surface area contributed by atoms with E-state index in [4.69, 9.17) is 4.74 Å². The van der Waals surface area contributed by atoms with E-state index < -0.39 is 0 Å². The van der Waals surface area contributed by atoms with Gasteiger partial charge in [-0.1, -0.05) is 6.07 Å². The molecule has 1 atom stereocenters. The zero-order chi connectivity index (χ0) is 15.0. The van der Waals surface area contributed by atoms with Crippen LogP contribution in [0.2, 0.25) is 0 Å². The number of nitrogens with one attached hydrogen (secondary N) is 2. The normalized spacial score (nSPS) is 11.6. The predicted octanol–water partition coefficient (Wildman–Crippen LogP) is 2.29. The first-order valence-corrected chi connectivity index (χ1v) is 7.25. The molecular formula is C14H21BrClFN2O2. The minimum atomic E-state index is -0.284. The first-order chi connectivity index (χ1) is 9.52. The second kappa shape index (κ2) is 11.0. The molecule has 0 heterocycles. The van der Waals surface area contributed by atoms with Gasteiger partial charge in [0.15, 0.2) is 0 Å². The van der Waals surface area contributed by atoms with Crippen LogP contribution in [0, 0.1) is 5.82 Å². The summed E-state index contributed by atoms with van der Waals surface area (Å²) in [4.78, 5) is 11.6. The third kappa shape index (κ3) is 8.36. The highest BCUT2D eigenvalue weighted by atomic mass is 79.9. The van der Waals surface area contributed by atoms with Crippen molar-refractivity contribution in [2.45, 2.75) is 19.4 Å². The van der Waals surface area contributed by atoms with E-state index in [1.54, 1.807) is 19.2 Å². The number of carbonyl (C=O) groups is 1. The molecule has 0 aromatic heterocycles. The van der Waals surface area contributed by atoms with Crippen molar-refractivity contribution in [1.82, 2.24) is 10.6 Å². The first kappa shape index (κ1) is 20.3. The molecule has 0 saturated carbocycles. The average molecular weight is 384 g/mol. The van der Waals surface area contributed by atoms with E-state index >= 15 is 0 Å². The fourth-order valence-corrected chi connectivity index (χ4v) is 2.20. The van der Waals surface area contributed by atoms with Gasteiger partial charge >= 0.3 is 0 Å². The van der Waals surface area contributed by atoms with Crippen LogP contribution in [0.15, 0.2) is 22.7 Å². The SMILES string of the molecule is COCCNCC(=O)NC(C)Cc1ccc(F)c(Br)c1.Cl. The van der Waals surface area contributed by atoms with Gasteiger partial charge in [-0.15, -0.1) is 12.4 Å². The van der Waals surface area contributed by atoms with Gasteiger partial charge in [-0.3, -0.25) is 4.79 Å². The number of hydrogen-bond donors (Lipinski definition) is 2. The van der Waals surface area contributed by atoms with Crippen LogP contribution < -0.4 is 10.6 Å². The Morgan fingerprint density at radius 1 is 1.48 bits per heavy atom. The van der Waals surface area contributed by atoms with Crippen LogP contribution >= 0.6 is 28.3 Å². The van der Waals surface area contributed by atoms with Crippen LogP contribution in [0.25, 0.3) is 0 Å². The number of rotatable bonds is 8. The van der Waals surface area contributed by atoms with Crippen LogP contribution in [-0.2, 0) is 16.0 Å². The molecule has 4 nitrogen and oxygen atoms in total. The van der Waals surface area contributed by atoms with Crippen LogP contribution in [0.3, 0.4) is 0 Å². The van der Waals surface area contributed by atoms with Gasteiger partial charge in [-0.25, -0.2) is 4.39 Å². The molecule has 0 saturated heterocycles. The Balaban J connectivity index is 0.00000400. The van der Waals surface area contributed by atoms with Crippen molar-refractivity contribution in [2.24, 2.45) is 0 Å². The Labute approximate surface area is 139 Å². The van der Waals surface area contributed by atoms with Crippen molar-refractivity contribution in [3.63, 3.8) is 0 Å². The third-order valence-corrected chi connectivity index (χ3v) is 3.31. The van der Waals surface area contributed by atoms with E-state index in [1.807, 2.05) is 6.92 Å². The maximum atomic E-state index is 13.1. The van der Waals surface area contributed by atoms with Gasteiger partial charge in [-0.2, -0.15) is 0 Å². The highest BCUT2D eigenvalue weighted by molar-refractivity contribution is 9.10. The lowest BCUT2D eigenvalue weighted by atomic mass is 10.1. The molecule has 2 N–H and O–H groups in total. The molecule has 1 unspecified atom stereocenters. The summed E-state index contributed by atoms with van der Waals surface area (Å²) in [7, 11) is 1.62. The molecule has 0 spiro atoms. The summed E-state index contributed by atoms with van der Waals surface area (Å²) in [5.41, 5.74) is 0.971. The number of carbonyl (C=O) groups excluding carboxylic acids is 1. The summed E-state index contributed by atoms with van der Waals surface area (Å²) in [6.45, 7) is 3.40. The molecule has 1 aromatic carbocycles. The highest BCUT2D eigenvalue weighted by Crippen LogP contribution is 2.17. The third-order valence-electron chi connectivity index (χ3n) is 2.70. The fourth-order valence-electron chi connectivity index (χ4n) is 1.77. The van der Waals surface area contributed by atoms with Gasteiger partial charge in [-0.05, 0) is 47.0 Å². The molecule has 21 heavy (non-hydrogen) atoms. The summed E-state index contributed by atoms with van der Waals surface area (Å²) in [6, 6.07) is 4.86. The molecule has 0 aliphatic rings. The maximum Gasteiger partial charge on any atom is 0.234 e. The lowest BCUT2D eigenvalue weighted by Crippen LogP contribution is -2.40. The highest BCUT2D eigenvalue weighted by Gasteiger charge is 2.09. The summed E-state index contributed by atoms with van der Waals surface area (Å²) >= 11 is 3.15. The first-order valence-electron chi connectivity index (χ1n) is 6.46. The topological polar surface area (TPSA) is 50.4 Å². The zero-order valence-electron chi connectivity index (χ0n) is 12.1. The zero-order valence-corrected chi connectivity index (χ0v) is 14.5. The predicted molar refractivity (Wildman–Crippen MR) is 87.4 cm³/mol. The van der Waals surface area contributed by atoms with Crippen LogP contribution in [-0.4, -0.2) is 38.8 Å². The number of hydrogen-bond acceptors (Lipinski definition) is 3. The fraction of sp³-hybridized carbons (Fsp3) is 0.500. The molecule has 1 rings (SSSR count). The van der Waals surface area contributed by atoms with Crippen LogP contribution in [0.1, 0.15) is 12.5 Å². The standard InChI is InChI=1S/C14H20BrFN2O2.ClH/c1-10(18-14(19)9-17-5-6-20-2)7-11-3-4-13(16)12(15)8-11;/h3-4,8,10,17H,5-7,9H2,1-2H3,(H,18,19);1H. The number of halogens is 3. The van der Waals surface area contributed by atoms with E-state index in [0.29, 0.717) is 24.0 Å². The van der Waals surface area contributed by atoms with E-state index in [0.717, 1.165) is 5.56 Å². The molecule has 7 heteroatoms. The van der Waals surface area contributed by atoms with Crippen molar-refractivity contribution >= 4 is 34.2 Å². The van der Waals surface area contributed by atoms with Gasteiger partial charge in [0.05, 0.1) is 17.6 Å². The van der Waals surface area contributed by atoms with Crippen LogP contribution in [0.5, 0.6) is 0 Å². The summed E-state index contributed by atoms with van der Waals surface area (Å²) in [5.74, 6) is -0.345. The Bertz CT molecular complexity index is 449. The maximum absolute atomic E-state index is 13.1. The van der Waals surface area contributed by atoms with E-state index in [1.165, 1.54) is 6.07 Å². The Kier molecular flexibility index (Phi) is 10.6. The van der Waals surface area contributed by atoms with Crippen LogP contribution in [0.4, 0.5) is 4.39 Å². The molecule has 120 valence electrons. The van der Waals surface area contributed by atoms with Crippen molar-refractivity contribution in [2.75, 3.05) is 26.8 Å². The smallest absolute Gasteiger partial charge is 0.234 e. The summed E-state index contributed by atoms with van der Waals surface area (Å²) in [6.07, 6.45) is 0.655. The number of benzene rings is 1. The number of ether oxygens (including phenoxy) is 1. The van der Waals surface area contributed by atoms with Crippen molar-refractivity contribution in [3.8, 4) is 0 Å². The van der Waals surface area contributed by atoms with Gasteiger partial charge in [0.2, 0.25) is 5.91 Å². The molecule has 1 amide bonds. The molecular weight excluding hydrogens is 363 g/mol. The molecule has 0 aliphatic carbocycles. The van der Waals surface area contributed by atoms with E-state index in [9.17, 15) is 9.18 Å². The second-order valence-electron chi connectivity index (χ2n) is 4.59. The number of amides is 1. The quantitative estimate of drug-likeness (QED) is 0.677. The van der Waals surface area contributed by atoms with Gasteiger partial charge in [0.25, 0.3) is 0 Å². The molecule has 0 aliphatic heterocycles. The summed E-state index contributed by atoms with van der Waals surface area (Å²) < 4.78 is 18.4. The second-order valence-corrected chi connectivity index (χ2v) is 5.45. The minimum Gasteiger partial charge on any atom is -0.383 e. The van der Waals surface area contributed by atoms with Gasteiger partial charge in [0.1, 0.15) is 5.82 Å². The Hall–Kier alpha value is -0.690. The Morgan fingerprint density at radius 3 is 2.81 bits per heavy atom. The molecule has 0 radical (unpaired) electrons. The monoisotopic (exact) mass is 382 g/mol. The lowest BCUT2D eigenvalue weighted by molar-refractivity contribution is -0.120. The van der Waals surface area contributed by atoms with Crippen molar-refractivity contribution in [3.05, 3.63) is 34.1 Å². The van der Waals surface area contributed by atoms with E-state index in [2.05, 4.69) is 26.6 Å². The number of methoxy groups -OCH3 is 1. The molecule has 0 bridgehead atoms. The molecule has 1 aromatic rings. The van der Waals surface area contributed by atoms with Crippen molar-refractivity contribution in [1.29, 1.82) is 0 Å². The largest absolute Gasteiger partial charge is 0.383 e. The summed E-state index contributed by atoms with van der Waals surface area (Å²) in [5, 5.41) is 5.87. The van der Waals surface area contributed by atoms with Gasteiger partial charge < -0.3 is 15.4 Å². The lowest BCUT2D eigenvalue weighted by Gasteiger charge is -2.14. The van der Waals surface area contributed by atoms with Crippen molar-refractivity contribution < 1.29 is 13.9 Å².